The minimum Gasteiger partial charge on any atom is -0.600 e. The average molecular weight is 252 g/mol. The fraction of sp³-hybridized carbons (Fsp3) is 0. The summed E-state index contributed by atoms with van der Waals surface area (Å²) in [7, 11) is 0. The van der Waals surface area contributed by atoms with Crippen molar-refractivity contribution in [1.82, 2.24) is 15.4 Å². The largest absolute Gasteiger partial charge is 0.600 e. The molecule has 1 aromatic heterocycles. The van der Waals surface area contributed by atoms with Crippen LogP contribution in [-0.4, -0.2) is 15.4 Å². The van der Waals surface area contributed by atoms with Gasteiger partial charge in [0.1, 0.15) is 11.0 Å². The molecule has 92 valence electrons. The molecule has 0 aliphatic carbocycles. The quantitative estimate of drug-likeness (QED) is 0.645. The Bertz CT molecular complexity index is 809. The Morgan fingerprint density at radius 2 is 1.84 bits per heavy atom. The van der Waals surface area contributed by atoms with E-state index in [1.165, 1.54) is 0 Å². The number of hydrogen-bond acceptors (Lipinski definition) is 5. The molecule has 0 saturated heterocycles. The molecule has 4 rings (SSSR count). The van der Waals surface area contributed by atoms with E-state index in [-0.39, 0.29) is 5.17 Å². The zero-order chi connectivity index (χ0) is 12.8. The van der Waals surface area contributed by atoms with E-state index in [4.69, 9.17) is 0 Å². The zero-order valence-electron chi connectivity index (χ0n) is 9.66. The minimum atomic E-state index is -0.302. The molecule has 1 aliphatic rings. The molecule has 19 heavy (non-hydrogen) atoms. The maximum atomic E-state index is 11.6. The molecule has 0 fully saturated rings. The van der Waals surface area contributed by atoms with Crippen LogP contribution in [0, 0.1) is 5.21 Å². The molecule has 7 heteroatoms. The molecule has 3 aromatic rings. The van der Waals surface area contributed by atoms with E-state index < -0.39 is 0 Å². The maximum Gasteiger partial charge on any atom is 0.187 e. The Morgan fingerprint density at radius 3 is 2.79 bits per heavy atom. The van der Waals surface area contributed by atoms with Crippen LogP contribution in [0.25, 0.3) is 22.2 Å². The first-order chi connectivity index (χ1) is 9.34. The lowest BCUT2D eigenvalue weighted by atomic mass is 10.0. The summed E-state index contributed by atoms with van der Waals surface area (Å²) in [5, 5.41) is 29.6. The predicted molar refractivity (Wildman–Crippen MR) is 67.8 cm³/mol. The van der Waals surface area contributed by atoms with Crippen molar-refractivity contribution in [2.24, 2.45) is 10.3 Å². The summed E-state index contributed by atoms with van der Waals surface area (Å²) in [6.07, 6.45) is 0. The Hall–Kier alpha value is -2.64. The van der Waals surface area contributed by atoms with E-state index in [0.717, 1.165) is 22.2 Å². The van der Waals surface area contributed by atoms with Crippen LogP contribution in [0.2, 0.25) is 0 Å². The second-order valence-corrected chi connectivity index (χ2v) is 4.20. The minimum absolute atomic E-state index is 0.302. The number of benzene rings is 2. The number of nitrogens with one attached hydrogen (secondary N) is 2. The molecule has 1 atom stereocenters. The second-order valence-electron chi connectivity index (χ2n) is 4.20. The van der Waals surface area contributed by atoms with Crippen LogP contribution in [0.1, 0.15) is 0 Å². The average Bonchev–Trinajstić information content (AvgIpc) is 3.05. The van der Waals surface area contributed by atoms with E-state index >= 15 is 0 Å². The van der Waals surface area contributed by atoms with Crippen molar-refractivity contribution in [2.75, 3.05) is 0 Å². The van der Waals surface area contributed by atoms with Gasteiger partial charge in [-0.25, -0.2) is 0 Å². The number of rotatable bonds is 1. The molecule has 0 bridgehead atoms. The van der Waals surface area contributed by atoms with Crippen LogP contribution in [0.4, 0.5) is 11.4 Å². The Kier molecular flexibility index (Phi) is 1.99. The van der Waals surface area contributed by atoms with Gasteiger partial charge in [0.15, 0.2) is 11.4 Å². The summed E-state index contributed by atoms with van der Waals surface area (Å²) in [6, 6.07) is 11.1. The fourth-order valence-corrected chi connectivity index (χ4v) is 2.28. The molecule has 0 saturated carbocycles. The SMILES string of the molecule is [O-][NH+]1N=Nc2c(-c3cccc4n[nH]nc34)cccc21. The summed E-state index contributed by atoms with van der Waals surface area (Å²) < 4.78 is 0. The number of para-hydroxylation sites is 1. The van der Waals surface area contributed by atoms with Crippen LogP contribution in [-0.2, 0) is 0 Å². The first-order valence-electron chi connectivity index (χ1n) is 5.73. The lowest BCUT2D eigenvalue weighted by Crippen LogP contribution is -2.95. The predicted octanol–water partition coefficient (Wildman–Crippen LogP) is 1.65. The highest BCUT2D eigenvalue weighted by Crippen LogP contribution is 2.39. The van der Waals surface area contributed by atoms with Gasteiger partial charge in [-0.15, -0.1) is 0 Å². The summed E-state index contributed by atoms with van der Waals surface area (Å²) in [4.78, 5) is 0. The molecule has 1 aliphatic heterocycles. The van der Waals surface area contributed by atoms with Gasteiger partial charge >= 0.3 is 0 Å². The van der Waals surface area contributed by atoms with Gasteiger partial charge in [0.05, 0.1) is 0 Å². The number of quaternary nitrogens is 1. The van der Waals surface area contributed by atoms with Gasteiger partial charge in [0.25, 0.3) is 0 Å². The first-order valence-corrected chi connectivity index (χ1v) is 5.73. The van der Waals surface area contributed by atoms with E-state index in [9.17, 15) is 5.21 Å². The third kappa shape index (κ3) is 1.39. The van der Waals surface area contributed by atoms with Crippen LogP contribution in [0.5, 0.6) is 0 Å². The monoisotopic (exact) mass is 252 g/mol. The van der Waals surface area contributed by atoms with Crippen LogP contribution < -0.4 is 5.17 Å². The fourth-order valence-electron chi connectivity index (χ4n) is 2.28. The van der Waals surface area contributed by atoms with Gasteiger partial charge in [0, 0.05) is 22.4 Å². The highest BCUT2D eigenvalue weighted by molar-refractivity contribution is 5.96. The molecular formula is C12H8N6O. The Morgan fingerprint density at radius 1 is 1.00 bits per heavy atom. The number of hydrogen-bond donors (Lipinski definition) is 2. The lowest BCUT2D eigenvalue weighted by molar-refractivity contribution is -0.784. The van der Waals surface area contributed by atoms with Gasteiger partial charge in [-0.1, -0.05) is 29.4 Å². The summed E-state index contributed by atoms with van der Waals surface area (Å²) in [6.45, 7) is 0. The Labute approximate surface area is 107 Å². The lowest BCUT2D eigenvalue weighted by Gasteiger charge is -2.09. The molecular weight excluding hydrogens is 244 g/mol. The maximum absolute atomic E-state index is 11.6. The third-order valence-corrected chi connectivity index (χ3v) is 3.14. The van der Waals surface area contributed by atoms with Crippen LogP contribution >= 0.6 is 0 Å². The molecule has 2 aromatic carbocycles. The molecule has 2 heterocycles. The number of aromatic amines is 1. The number of nitrogens with zero attached hydrogens (tertiary/aromatic N) is 4. The number of fused-ring (bicyclic) bond motifs is 2. The van der Waals surface area contributed by atoms with Gasteiger partial charge in [-0.05, 0) is 6.07 Å². The van der Waals surface area contributed by atoms with Crippen molar-refractivity contribution in [3.05, 3.63) is 41.6 Å². The molecule has 0 spiro atoms. The molecule has 0 amide bonds. The van der Waals surface area contributed by atoms with Crippen molar-refractivity contribution in [1.29, 1.82) is 0 Å². The molecule has 7 nitrogen and oxygen atoms in total. The van der Waals surface area contributed by atoms with Crippen LogP contribution in [0.15, 0.2) is 46.7 Å². The van der Waals surface area contributed by atoms with E-state index in [1.807, 2.05) is 30.3 Å². The van der Waals surface area contributed by atoms with Crippen molar-refractivity contribution in [2.45, 2.75) is 0 Å². The van der Waals surface area contributed by atoms with Crippen molar-refractivity contribution < 1.29 is 5.17 Å². The Balaban J connectivity index is 2.04. The van der Waals surface area contributed by atoms with Crippen molar-refractivity contribution in [3.8, 4) is 11.1 Å². The molecule has 2 N–H and O–H groups in total. The van der Waals surface area contributed by atoms with E-state index in [2.05, 4.69) is 25.7 Å². The second kappa shape index (κ2) is 3.67. The van der Waals surface area contributed by atoms with Crippen molar-refractivity contribution in [3.63, 3.8) is 0 Å². The highest BCUT2D eigenvalue weighted by Gasteiger charge is 2.22. The van der Waals surface area contributed by atoms with Gasteiger partial charge < -0.3 is 5.21 Å². The first kappa shape index (κ1) is 10.3. The standard InChI is InChI=1S/C12H8N6O/c19-18-10-6-2-4-8(12(10)15-17-18)7-3-1-5-9-11(7)14-16-13-9/h1-6,18H,(H,13,14,16). The zero-order valence-corrected chi connectivity index (χ0v) is 9.66. The number of aromatic nitrogens is 3. The smallest absolute Gasteiger partial charge is 0.187 e. The third-order valence-electron chi connectivity index (χ3n) is 3.14. The molecule has 1 unspecified atom stereocenters. The topological polar surface area (TPSA) is 93.8 Å². The van der Waals surface area contributed by atoms with E-state index in [1.54, 1.807) is 6.07 Å². The van der Waals surface area contributed by atoms with Crippen molar-refractivity contribution >= 4 is 22.4 Å². The van der Waals surface area contributed by atoms with Gasteiger partial charge in [0.2, 0.25) is 0 Å². The van der Waals surface area contributed by atoms with Crippen LogP contribution in [0.3, 0.4) is 0 Å². The van der Waals surface area contributed by atoms with Gasteiger partial charge in [-0.3, -0.25) is 0 Å². The summed E-state index contributed by atoms with van der Waals surface area (Å²) in [5.74, 6) is 0. The van der Waals surface area contributed by atoms with Gasteiger partial charge in [-0.2, -0.15) is 20.6 Å². The summed E-state index contributed by atoms with van der Waals surface area (Å²) in [5.41, 5.74) is 4.38. The highest BCUT2D eigenvalue weighted by atomic mass is 16.5. The molecule has 0 radical (unpaired) electrons. The summed E-state index contributed by atoms with van der Waals surface area (Å²) >= 11 is 0. The van der Waals surface area contributed by atoms with E-state index in [0.29, 0.717) is 11.4 Å². The normalized spacial score (nSPS) is 17.0. The number of H-pyrrole nitrogens is 1.